The van der Waals surface area contributed by atoms with Gasteiger partial charge < -0.3 is 9.47 Å². The second-order valence-corrected chi connectivity index (χ2v) is 9.91. The van der Waals surface area contributed by atoms with Gasteiger partial charge in [-0.2, -0.15) is 0 Å². The van der Waals surface area contributed by atoms with Gasteiger partial charge in [-0.05, 0) is 74.9 Å². The second-order valence-electron chi connectivity index (χ2n) is 9.91. The van der Waals surface area contributed by atoms with Gasteiger partial charge in [0.15, 0.2) is 5.78 Å². The summed E-state index contributed by atoms with van der Waals surface area (Å²) in [6, 6.07) is 15.7. The molecule has 39 heavy (non-hydrogen) atoms. The molecule has 0 bridgehead atoms. The topological polar surface area (TPSA) is 114 Å². The number of rotatable bonds is 4. The summed E-state index contributed by atoms with van der Waals surface area (Å²) in [7, 11) is 0. The smallest absolute Gasteiger partial charge is 0.362 e. The SMILES string of the molecule is CC(=O)c1ccc(-n2c(=O)n3n(c2=O)C2C(=CC3)C(C)(C)Oc3cc(OC(=O)c4ccccn4)ccc32)cc1. The number of ether oxygens (including phenoxy) is 2. The van der Waals surface area contributed by atoms with E-state index in [0.717, 1.165) is 10.1 Å². The number of esters is 1. The summed E-state index contributed by atoms with van der Waals surface area (Å²) in [5, 5.41) is 0. The van der Waals surface area contributed by atoms with Gasteiger partial charge in [0.1, 0.15) is 28.8 Å². The van der Waals surface area contributed by atoms with Crippen LogP contribution in [0, 0.1) is 0 Å². The maximum Gasteiger partial charge on any atom is 0.362 e. The number of aromatic nitrogens is 4. The number of carbonyl (C=O) groups excluding carboxylic acids is 2. The molecular weight excluding hydrogens is 500 g/mol. The van der Waals surface area contributed by atoms with E-state index in [0.29, 0.717) is 22.6 Å². The highest BCUT2D eigenvalue weighted by atomic mass is 16.5. The molecule has 0 spiro atoms. The Labute approximate surface area is 222 Å². The maximum absolute atomic E-state index is 13.8. The van der Waals surface area contributed by atoms with E-state index in [1.54, 1.807) is 60.7 Å². The molecule has 2 aliphatic rings. The number of hydrogen-bond acceptors (Lipinski definition) is 7. The quantitative estimate of drug-likeness (QED) is 0.174. The average molecular weight is 525 g/mol. The summed E-state index contributed by atoms with van der Waals surface area (Å²) >= 11 is 0. The van der Waals surface area contributed by atoms with Gasteiger partial charge in [0.25, 0.3) is 0 Å². The fourth-order valence-electron chi connectivity index (χ4n) is 5.15. The lowest BCUT2D eigenvalue weighted by atomic mass is 9.83. The molecule has 0 amide bonds. The zero-order valence-electron chi connectivity index (χ0n) is 21.5. The molecule has 0 N–H and O–H groups in total. The molecule has 4 aromatic rings. The predicted octanol–water partition coefficient (Wildman–Crippen LogP) is 3.32. The number of pyridine rings is 1. The van der Waals surface area contributed by atoms with E-state index in [2.05, 4.69) is 4.98 Å². The zero-order valence-corrected chi connectivity index (χ0v) is 21.5. The van der Waals surface area contributed by atoms with Gasteiger partial charge in [-0.3, -0.25) is 4.79 Å². The molecular formula is C29H24N4O6. The van der Waals surface area contributed by atoms with Crippen LogP contribution in [-0.4, -0.2) is 36.3 Å². The molecule has 1 atom stereocenters. The summed E-state index contributed by atoms with van der Waals surface area (Å²) in [5.74, 6) is -0.0281. The average Bonchev–Trinajstić information content (AvgIpc) is 3.18. The van der Waals surface area contributed by atoms with Crippen molar-refractivity contribution < 1.29 is 19.1 Å². The van der Waals surface area contributed by atoms with E-state index in [9.17, 15) is 19.2 Å². The third-order valence-corrected chi connectivity index (χ3v) is 7.04. The number of benzene rings is 2. The number of carbonyl (C=O) groups is 2. The van der Waals surface area contributed by atoms with Crippen molar-refractivity contribution in [3.63, 3.8) is 0 Å². The van der Waals surface area contributed by atoms with Gasteiger partial charge in [-0.15, -0.1) is 0 Å². The van der Waals surface area contributed by atoms with E-state index in [-0.39, 0.29) is 23.8 Å². The summed E-state index contributed by atoms with van der Waals surface area (Å²) < 4.78 is 15.8. The van der Waals surface area contributed by atoms with Crippen LogP contribution in [0.25, 0.3) is 5.69 Å². The Bertz CT molecular complexity index is 1790. The first kappa shape index (κ1) is 24.4. The monoisotopic (exact) mass is 524 g/mol. The van der Waals surface area contributed by atoms with E-state index in [1.807, 2.05) is 19.9 Å². The van der Waals surface area contributed by atoms with Crippen molar-refractivity contribution in [3.05, 3.63) is 116 Å². The standard InChI is InChI=1S/C29H24N4O6/c1-17(34)18-7-9-19(10-8-18)32-27(36)31-15-13-22-25(33(31)28(32)37)21-12-11-20(16-24(21)39-29(22,2)3)38-26(35)23-6-4-5-14-30-23/h4-14,16,25H,15H2,1-3H3. The Morgan fingerprint density at radius 2 is 1.79 bits per heavy atom. The van der Waals surface area contributed by atoms with Crippen LogP contribution >= 0.6 is 0 Å². The van der Waals surface area contributed by atoms with Crippen LogP contribution in [0.5, 0.6) is 11.5 Å². The van der Waals surface area contributed by atoms with Crippen molar-refractivity contribution in [2.45, 2.75) is 39.0 Å². The van der Waals surface area contributed by atoms with Gasteiger partial charge in [-0.1, -0.05) is 12.1 Å². The highest BCUT2D eigenvalue weighted by Crippen LogP contribution is 2.47. The fraction of sp³-hybridized carbons (Fsp3) is 0.207. The molecule has 4 heterocycles. The van der Waals surface area contributed by atoms with Crippen LogP contribution in [0.2, 0.25) is 0 Å². The Hall–Kier alpha value is -4.99. The minimum atomic E-state index is -0.812. The van der Waals surface area contributed by atoms with Crippen molar-refractivity contribution in [1.82, 2.24) is 18.9 Å². The first-order valence-corrected chi connectivity index (χ1v) is 12.4. The highest BCUT2D eigenvalue weighted by molar-refractivity contribution is 5.94. The largest absolute Gasteiger partial charge is 0.483 e. The summed E-state index contributed by atoms with van der Waals surface area (Å²) in [4.78, 5) is 55.5. The predicted molar refractivity (Wildman–Crippen MR) is 141 cm³/mol. The van der Waals surface area contributed by atoms with E-state index in [4.69, 9.17) is 9.47 Å². The fourth-order valence-corrected chi connectivity index (χ4v) is 5.15. The third kappa shape index (κ3) is 3.92. The number of fused-ring (bicyclic) bond motifs is 5. The molecule has 2 aromatic heterocycles. The Morgan fingerprint density at radius 1 is 1.03 bits per heavy atom. The van der Waals surface area contributed by atoms with Crippen molar-refractivity contribution >= 4 is 11.8 Å². The molecule has 2 aliphatic heterocycles. The van der Waals surface area contributed by atoms with Gasteiger partial charge >= 0.3 is 17.3 Å². The van der Waals surface area contributed by atoms with Crippen LogP contribution in [0.3, 0.4) is 0 Å². The molecule has 10 nitrogen and oxygen atoms in total. The molecule has 0 saturated carbocycles. The second kappa shape index (κ2) is 8.80. The van der Waals surface area contributed by atoms with Crippen molar-refractivity contribution in [1.29, 1.82) is 0 Å². The minimum absolute atomic E-state index is 0.109. The summed E-state index contributed by atoms with van der Waals surface area (Å²) in [5.41, 5.74) is 0.694. The van der Waals surface area contributed by atoms with Crippen LogP contribution in [0.1, 0.15) is 53.2 Å². The Kier molecular flexibility index (Phi) is 5.49. The molecule has 0 saturated heterocycles. The van der Waals surface area contributed by atoms with Crippen LogP contribution in [0.4, 0.5) is 0 Å². The molecule has 0 aliphatic carbocycles. The van der Waals surface area contributed by atoms with Crippen LogP contribution < -0.4 is 20.9 Å². The minimum Gasteiger partial charge on any atom is -0.483 e. The normalized spacial score (nSPS) is 16.7. The number of ketones is 1. The van der Waals surface area contributed by atoms with Gasteiger partial charge in [0.05, 0.1) is 12.2 Å². The van der Waals surface area contributed by atoms with Crippen molar-refractivity contribution in [2.75, 3.05) is 0 Å². The molecule has 6 rings (SSSR count). The van der Waals surface area contributed by atoms with E-state index in [1.165, 1.54) is 22.5 Å². The van der Waals surface area contributed by atoms with Crippen LogP contribution in [-0.2, 0) is 6.54 Å². The van der Waals surface area contributed by atoms with Gasteiger partial charge in [-0.25, -0.2) is 33.3 Å². The number of allylic oxidation sites excluding steroid dienone is 1. The lowest BCUT2D eigenvalue weighted by molar-refractivity contribution is 0.0726. The first-order valence-electron chi connectivity index (χ1n) is 12.4. The maximum atomic E-state index is 13.8. The molecule has 2 aromatic carbocycles. The molecule has 0 radical (unpaired) electrons. The number of hydrogen-bond donors (Lipinski definition) is 0. The zero-order chi connectivity index (χ0) is 27.5. The summed E-state index contributed by atoms with van der Waals surface area (Å²) in [6.45, 7) is 5.42. The number of nitrogens with zero attached hydrogens (tertiary/aromatic N) is 4. The van der Waals surface area contributed by atoms with Crippen LogP contribution in [0.15, 0.2) is 88.1 Å². The Balaban J connectivity index is 1.44. The first-order chi connectivity index (χ1) is 18.7. The van der Waals surface area contributed by atoms with Crippen molar-refractivity contribution in [2.24, 2.45) is 0 Å². The molecule has 0 fully saturated rings. The Morgan fingerprint density at radius 3 is 2.49 bits per heavy atom. The third-order valence-electron chi connectivity index (χ3n) is 7.04. The molecule has 1 unspecified atom stereocenters. The van der Waals surface area contributed by atoms with Crippen molar-refractivity contribution in [3.8, 4) is 17.2 Å². The van der Waals surface area contributed by atoms with E-state index < -0.39 is 29.0 Å². The van der Waals surface area contributed by atoms with E-state index >= 15 is 0 Å². The molecule has 196 valence electrons. The number of Topliss-reactive ketones (excluding diaryl/α,β-unsaturated/α-hetero) is 1. The van der Waals surface area contributed by atoms with Gasteiger partial charge in [0.2, 0.25) is 0 Å². The lowest BCUT2D eigenvalue weighted by Crippen LogP contribution is -2.46. The molecule has 10 heteroatoms. The summed E-state index contributed by atoms with van der Waals surface area (Å²) in [6.07, 6.45) is 3.42. The highest BCUT2D eigenvalue weighted by Gasteiger charge is 2.44. The lowest BCUT2D eigenvalue weighted by Gasteiger charge is -2.42. The van der Waals surface area contributed by atoms with Gasteiger partial charge in [0, 0.05) is 23.4 Å².